The van der Waals surface area contributed by atoms with Gasteiger partial charge in [-0.05, 0) is 75.3 Å². The molecule has 3 rings (SSSR count). The van der Waals surface area contributed by atoms with E-state index in [0.717, 1.165) is 43.4 Å². The van der Waals surface area contributed by atoms with Crippen LogP contribution >= 0.6 is 0 Å². The molecule has 0 atom stereocenters. The second-order valence-corrected chi connectivity index (χ2v) is 9.16. The van der Waals surface area contributed by atoms with Crippen LogP contribution in [0.25, 0.3) is 0 Å². The molecule has 164 valence electrons. The van der Waals surface area contributed by atoms with Crippen molar-refractivity contribution in [1.29, 1.82) is 0 Å². The average Bonchev–Trinajstić information content (AvgIpc) is 2.73. The molecule has 0 N–H and O–H groups in total. The van der Waals surface area contributed by atoms with Gasteiger partial charge in [0.1, 0.15) is 18.2 Å². The molecule has 1 aromatic rings. The topological polar surface area (TPSA) is 52.6 Å². The number of hydrogen-bond acceptors (Lipinski definition) is 4. The molecule has 2 saturated carbocycles. The fourth-order valence-corrected chi connectivity index (χ4v) is 4.76. The summed E-state index contributed by atoms with van der Waals surface area (Å²) < 4.78 is 24.7. The first-order valence-electron chi connectivity index (χ1n) is 11.2. The molecule has 2 aliphatic carbocycles. The van der Waals surface area contributed by atoms with E-state index in [1.54, 1.807) is 6.07 Å². The average molecular weight is 417 g/mol. The van der Waals surface area contributed by atoms with Gasteiger partial charge in [0.05, 0.1) is 5.92 Å². The molecule has 1 aromatic carbocycles. The van der Waals surface area contributed by atoms with Crippen molar-refractivity contribution in [1.82, 2.24) is 0 Å². The first-order chi connectivity index (χ1) is 14.3. The van der Waals surface area contributed by atoms with Crippen molar-refractivity contribution in [2.75, 3.05) is 0 Å². The summed E-state index contributed by atoms with van der Waals surface area (Å²) in [7, 11) is 0. The summed E-state index contributed by atoms with van der Waals surface area (Å²) in [5.74, 6) is 1.09. The Labute approximate surface area is 178 Å². The lowest BCUT2D eigenvalue weighted by Crippen LogP contribution is -2.29. The number of rotatable bonds is 6. The predicted octanol–water partition coefficient (Wildman–Crippen LogP) is 5.98. The molecular formula is C25H33FO4. The summed E-state index contributed by atoms with van der Waals surface area (Å²) >= 11 is 0. The van der Waals surface area contributed by atoms with E-state index in [1.807, 2.05) is 0 Å². The summed E-state index contributed by atoms with van der Waals surface area (Å²) in [5, 5.41) is 0. The minimum Gasteiger partial charge on any atom is -0.457 e. The van der Waals surface area contributed by atoms with Crippen LogP contribution in [0.15, 0.2) is 30.4 Å². The monoisotopic (exact) mass is 416 g/mol. The molecule has 2 fully saturated rings. The van der Waals surface area contributed by atoms with E-state index in [0.29, 0.717) is 0 Å². The smallest absolute Gasteiger partial charge is 0.333 e. The number of esters is 2. The van der Waals surface area contributed by atoms with Gasteiger partial charge < -0.3 is 9.47 Å². The van der Waals surface area contributed by atoms with Crippen molar-refractivity contribution in [3.05, 3.63) is 41.7 Å². The molecule has 4 nitrogen and oxygen atoms in total. The number of carbonyl (C=O) groups excluding carboxylic acids is 2. The van der Waals surface area contributed by atoms with E-state index in [4.69, 9.17) is 9.47 Å². The van der Waals surface area contributed by atoms with Crippen LogP contribution in [-0.4, -0.2) is 11.9 Å². The molecule has 0 saturated heterocycles. The fourth-order valence-electron chi connectivity index (χ4n) is 4.76. The lowest BCUT2D eigenvalue weighted by atomic mass is 9.69. The maximum Gasteiger partial charge on any atom is 0.333 e. The normalized spacial score (nSPS) is 26.6. The maximum absolute atomic E-state index is 14.3. The minimum atomic E-state index is -0.566. The molecule has 0 aromatic heterocycles. The van der Waals surface area contributed by atoms with Gasteiger partial charge in [-0.25, -0.2) is 9.18 Å². The van der Waals surface area contributed by atoms with Crippen LogP contribution in [0, 0.1) is 29.5 Å². The second kappa shape index (κ2) is 10.2. The van der Waals surface area contributed by atoms with E-state index >= 15 is 0 Å². The van der Waals surface area contributed by atoms with E-state index < -0.39 is 11.8 Å². The van der Waals surface area contributed by atoms with Crippen molar-refractivity contribution in [3.63, 3.8) is 0 Å². The SMILES string of the molecule is C=C(C)C(=O)OCc1ccc(OC(=O)C2CCC(C3CCC(C)CC3)CC2)cc1F. The van der Waals surface area contributed by atoms with Gasteiger partial charge in [0, 0.05) is 17.2 Å². The summed E-state index contributed by atoms with van der Waals surface area (Å²) in [5.41, 5.74) is 0.487. The van der Waals surface area contributed by atoms with E-state index in [9.17, 15) is 14.0 Å². The van der Waals surface area contributed by atoms with Gasteiger partial charge in [-0.1, -0.05) is 26.3 Å². The molecule has 2 aliphatic rings. The molecule has 0 spiro atoms. The van der Waals surface area contributed by atoms with Crippen molar-refractivity contribution in [2.45, 2.75) is 71.8 Å². The van der Waals surface area contributed by atoms with Crippen LogP contribution in [0.2, 0.25) is 0 Å². The zero-order valence-electron chi connectivity index (χ0n) is 18.1. The van der Waals surface area contributed by atoms with Gasteiger partial charge in [0.15, 0.2) is 0 Å². The van der Waals surface area contributed by atoms with Crippen molar-refractivity contribution < 1.29 is 23.5 Å². The Balaban J connectivity index is 1.47. The highest BCUT2D eigenvalue weighted by atomic mass is 19.1. The standard InChI is InChI=1S/C25H33FO4/c1-16(2)24(27)29-15-21-12-13-22(14-23(21)26)30-25(28)20-10-8-19(9-11-20)18-6-4-17(3)5-7-18/h12-14,17-20H,1,4-11,15H2,2-3H3. The first-order valence-corrected chi connectivity index (χ1v) is 11.2. The van der Waals surface area contributed by atoms with E-state index in [-0.39, 0.29) is 35.4 Å². The molecule has 30 heavy (non-hydrogen) atoms. The van der Waals surface area contributed by atoms with Crippen LogP contribution in [-0.2, 0) is 20.9 Å². The molecule has 0 unspecified atom stereocenters. The molecular weight excluding hydrogens is 383 g/mol. The maximum atomic E-state index is 14.3. The van der Waals surface area contributed by atoms with Crippen LogP contribution in [0.5, 0.6) is 5.75 Å². The number of carbonyl (C=O) groups is 2. The zero-order valence-corrected chi connectivity index (χ0v) is 18.1. The Hall–Kier alpha value is -2.17. The third-order valence-corrected chi connectivity index (χ3v) is 6.78. The van der Waals surface area contributed by atoms with Gasteiger partial charge in [0.25, 0.3) is 0 Å². The Kier molecular flexibility index (Phi) is 7.68. The highest BCUT2D eigenvalue weighted by Gasteiger charge is 2.33. The number of hydrogen-bond donors (Lipinski definition) is 0. The third kappa shape index (κ3) is 5.93. The Bertz CT molecular complexity index is 771. The summed E-state index contributed by atoms with van der Waals surface area (Å²) in [6.07, 6.45) is 9.20. The van der Waals surface area contributed by atoms with Crippen molar-refractivity contribution >= 4 is 11.9 Å². The minimum absolute atomic E-state index is 0.108. The van der Waals surface area contributed by atoms with Crippen LogP contribution in [0.3, 0.4) is 0 Å². The lowest BCUT2D eigenvalue weighted by Gasteiger charge is -2.36. The molecule has 0 bridgehead atoms. The molecule has 0 amide bonds. The van der Waals surface area contributed by atoms with Crippen molar-refractivity contribution in [2.24, 2.45) is 23.7 Å². The molecule has 0 heterocycles. The predicted molar refractivity (Wildman–Crippen MR) is 113 cm³/mol. The number of benzene rings is 1. The van der Waals surface area contributed by atoms with Crippen LogP contribution in [0.4, 0.5) is 4.39 Å². The fraction of sp³-hybridized carbons (Fsp3) is 0.600. The number of ether oxygens (including phenoxy) is 2. The third-order valence-electron chi connectivity index (χ3n) is 6.78. The Morgan fingerprint density at radius 1 is 1.03 bits per heavy atom. The van der Waals surface area contributed by atoms with Gasteiger partial charge in [-0.2, -0.15) is 0 Å². The summed E-state index contributed by atoms with van der Waals surface area (Å²) in [4.78, 5) is 24.0. The van der Waals surface area contributed by atoms with Gasteiger partial charge in [-0.15, -0.1) is 0 Å². The van der Waals surface area contributed by atoms with Gasteiger partial charge in [0.2, 0.25) is 0 Å². The quantitative estimate of drug-likeness (QED) is 0.325. The van der Waals surface area contributed by atoms with Crippen LogP contribution < -0.4 is 4.74 Å². The second-order valence-electron chi connectivity index (χ2n) is 9.16. The van der Waals surface area contributed by atoms with Crippen LogP contribution in [0.1, 0.15) is 70.8 Å². The van der Waals surface area contributed by atoms with E-state index in [1.165, 1.54) is 44.7 Å². The zero-order chi connectivity index (χ0) is 21.7. The van der Waals surface area contributed by atoms with Gasteiger partial charge >= 0.3 is 11.9 Å². The Morgan fingerprint density at radius 2 is 1.63 bits per heavy atom. The van der Waals surface area contributed by atoms with E-state index in [2.05, 4.69) is 13.5 Å². The summed E-state index contributed by atoms with van der Waals surface area (Å²) in [6.45, 7) is 7.18. The molecule has 0 aliphatic heterocycles. The lowest BCUT2D eigenvalue weighted by molar-refractivity contribution is -0.141. The summed E-state index contributed by atoms with van der Waals surface area (Å²) in [6, 6.07) is 4.20. The van der Waals surface area contributed by atoms with Crippen molar-refractivity contribution in [3.8, 4) is 5.75 Å². The highest BCUT2D eigenvalue weighted by Crippen LogP contribution is 2.41. The molecule has 0 radical (unpaired) electrons. The van der Waals surface area contributed by atoms with Gasteiger partial charge in [-0.3, -0.25) is 4.79 Å². The first kappa shape index (κ1) is 22.5. The number of halogens is 1. The molecule has 5 heteroatoms. The largest absolute Gasteiger partial charge is 0.457 e. The highest BCUT2D eigenvalue weighted by molar-refractivity contribution is 5.86. The Morgan fingerprint density at radius 3 is 2.20 bits per heavy atom.